The quantitative estimate of drug-likeness (QED) is 0.803. The normalized spacial score (nSPS) is 10.3. The topological polar surface area (TPSA) is 79.4 Å². The molecule has 2 heterocycles. The second-order valence-corrected chi connectivity index (χ2v) is 5.39. The number of hydrogen-bond acceptors (Lipinski definition) is 5. The first kappa shape index (κ1) is 14.7. The van der Waals surface area contributed by atoms with Crippen LogP contribution in [-0.2, 0) is 0 Å². The van der Waals surface area contributed by atoms with Crippen LogP contribution in [0.5, 0.6) is 0 Å². The summed E-state index contributed by atoms with van der Waals surface area (Å²) < 4.78 is 1.90. The summed E-state index contributed by atoms with van der Waals surface area (Å²) in [6.45, 7) is 6.12. The lowest BCUT2D eigenvalue weighted by molar-refractivity contribution is 0.839. The Labute approximate surface area is 134 Å². The van der Waals surface area contributed by atoms with Gasteiger partial charge in [0.15, 0.2) is 11.5 Å². The number of anilines is 2. The van der Waals surface area contributed by atoms with Crippen LogP contribution in [-0.4, -0.2) is 20.0 Å². The first-order valence-electron chi connectivity index (χ1n) is 7.21. The van der Waals surface area contributed by atoms with Crippen molar-refractivity contribution >= 4 is 11.5 Å². The lowest BCUT2D eigenvalue weighted by atomic mass is 10.1. The minimum Gasteiger partial charge on any atom is -0.336 e. The summed E-state index contributed by atoms with van der Waals surface area (Å²) >= 11 is 0. The average Bonchev–Trinajstić information content (AvgIpc) is 2.91. The van der Waals surface area contributed by atoms with Crippen LogP contribution in [0.25, 0.3) is 5.69 Å². The molecule has 6 nitrogen and oxygen atoms in total. The highest BCUT2D eigenvalue weighted by Gasteiger charge is 2.11. The second kappa shape index (κ2) is 5.89. The summed E-state index contributed by atoms with van der Waals surface area (Å²) in [7, 11) is 0. The average molecular weight is 304 g/mol. The molecule has 0 saturated heterocycles. The zero-order chi connectivity index (χ0) is 16.4. The van der Waals surface area contributed by atoms with E-state index in [1.165, 1.54) is 5.56 Å². The van der Waals surface area contributed by atoms with Gasteiger partial charge in [-0.2, -0.15) is 10.4 Å². The van der Waals surface area contributed by atoms with Gasteiger partial charge in [-0.1, -0.05) is 12.1 Å². The fraction of sp³-hybridized carbons (Fsp3) is 0.176. The Kier molecular flexibility index (Phi) is 3.77. The van der Waals surface area contributed by atoms with Gasteiger partial charge in [-0.05, 0) is 50.1 Å². The largest absolute Gasteiger partial charge is 0.336 e. The lowest BCUT2D eigenvalue weighted by Crippen LogP contribution is -2.03. The highest BCUT2D eigenvalue weighted by atomic mass is 15.3. The van der Waals surface area contributed by atoms with Crippen LogP contribution in [0.2, 0.25) is 0 Å². The second-order valence-electron chi connectivity index (χ2n) is 5.39. The molecule has 0 aliphatic carbocycles. The molecule has 0 spiro atoms. The number of aryl methyl sites for hydroxylation is 2. The summed E-state index contributed by atoms with van der Waals surface area (Å²) in [6, 6.07) is 11.6. The number of aromatic nitrogens is 4. The standard InChI is InChI=1S/C17H16N6/c1-11-4-5-12(2)16(8-11)23-13(3)15(10-19-23)20-17-7-6-14(9-18)21-22-17/h4-8,10H,1-3H3,(H,20,22). The molecule has 2 aromatic heterocycles. The maximum absolute atomic E-state index is 8.75. The van der Waals surface area contributed by atoms with Crippen molar-refractivity contribution in [2.45, 2.75) is 20.8 Å². The van der Waals surface area contributed by atoms with Crippen molar-refractivity contribution in [1.82, 2.24) is 20.0 Å². The van der Waals surface area contributed by atoms with Crippen molar-refractivity contribution in [3.05, 3.63) is 59.0 Å². The molecule has 1 aromatic carbocycles. The Balaban J connectivity index is 1.92. The highest BCUT2D eigenvalue weighted by molar-refractivity contribution is 5.59. The van der Waals surface area contributed by atoms with Gasteiger partial charge in [-0.15, -0.1) is 10.2 Å². The van der Waals surface area contributed by atoms with E-state index < -0.39 is 0 Å². The fourth-order valence-electron chi connectivity index (χ4n) is 2.32. The predicted octanol–water partition coefficient (Wildman–Crippen LogP) is 3.20. The number of nitrogens with zero attached hydrogens (tertiary/aromatic N) is 5. The molecule has 0 unspecified atom stereocenters. The molecule has 0 aliphatic heterocycles. The molecule has 1 N–H and O–H groups in total. The number of benzene rings is 1. The lowest BCUT2D eigenvalue weighted by Gasteiger charge is -2.10. The Morgan fingerprint density at radius 3 is 2.61 bits per heavy atom. The van der Waals surface area contributed by atoms with E-state index in [1.54, 1.807) is 18.3 Å². The van der Waals surface area contributed by atoms with Crippen LogP contribution in [0.15, 0.2) is 36.5 Å². The fourth-order valence-corrected chi connectivity index (χ4v) is 2.32. The van der Waals surface area contributed by atoms with Crippen LogP contribution in [0, 0.1) is 32.1 Å². The summed E-state index contributed by atoms with van der Waals surface area (Å²) in [4.78, 5) is 0. The molecule has 0 atom stereocenters. The molecule has 0 saturated carbocycles. The molecule has 114 valence electrons. The molecule has 0 aliphatic rings. The van der Waals surface area contributed by atoms with Crippen molar-refractivity contribution in [1.29, 1.82) is 5.26 Å². The third-order valence-electron chi connectivity index (χ3n) is 3.64. The molecule has 0 bridgehead atoms. The number of nitrogens with one attached hydrogen (secondary N) is 1. The Hall–Kier alpha value is -3.20. The molecule has 0 radical (unpaired) electrons. The van der Waals surface area contributed by atoms with Crippen molar-refractivity contribution in [2.75, 3.05) is 5.32 Å². The van der Waals surface area contributed by atoms with Crippen molar-refractivity contribution in [3.8, 4) is 11.8 Å². The molecule has 0 fully saturated rings. The monoisotopic (exact) mass is 304 g/mol. The first-order chi connectivity index (χ1) is 11.1. The van der Waals surface area contributed by atoms with E-state index in [-0.39, 0.29) is 0 Å². The molecule has 3 aromatic rings. The van der Waals surface area contributed by atoms with Crippen LogP contribution in [0.3, 0.4) is 0 Å². The summed E-state index contributed by atoms with van der Waals surface area (Å²) in [5, 5.41) is 24.2. The zero-order valence-electron chi connectivity index (χ0n) is 13.2. The van der Waals surface area contributed by atoms with Gasteiger partial charge < -0.3 is 5.32 Å². The maximum Gasteiger partial charge on any atom is 0.163 e. The smallest absolute Gasteiger partial charge is 0.163 e. The Morgan fingerprint density at radius 1 is 1.09 bits per heavy atom. The van der Waals surface area contributed by atoms with E-state index in [0.29, 0.717) is 11.5 Å². The molecule has 6 heteroatoms. The third-order valence-corrected chi connectivity index (χ3v) is 3.64. The van der Waals surface area contributed by atoms with Crippen molar-refractivity contribution in [2.24, 2.45) is 0 Å². The van der Waals surface area contributed by atoms with Gasteiger partial charge in [0, 0.05) is 0 Å². The molecule has 23 heavy (non-hydrogen) atoms. The molecule has 3 rings (SSSR count). The van der Waals surface area contributed by atoms with E-state index in [9.17, 15) is 0 Å². The third kappa shape index (κ3) is 2.90. The van der Waals surface area contributed by atoms with E-state index in [4.69, 9.17) is 5.26 Å². The number of nitriles is 1. The number of rotatable bonds is 3. The number of hydrogen-bond donors (Lipinski definition) is 1. The summed E-state index contributed by atoms with van der Waals surface area (Å²) in [5.41, 5.74) is 5.52. The first-order valence-corrected chi connectivity index (χ1v) is 7.21. The maximum atomic E-state index is 8.75. The van der Waals surface area contributed by atoms with Crippen LogP contribution in [0.1, 0.15) is 22.5 Å². The van der Waals surface area contributed by atoms with Gasteiger partial charge in [0.25, 0.3) is 0 Å². The van der Waals surface area contributed by atoms with Crippen molar-refractivity contribution < 1.29 is 0 Å². The van der Waals surface area contributed by atoms with Crippen LogP contribution in [0.4, 0.5) is 11.5 Å². The van der Waals surface area contributed by atoms with Crippen molar-refractivity contribution in [3.63, 3.8) is 0 Å². The van der Waals surface area contributed by atoms with E-state index in [2.05, 4.69) is 52.7 Å². The Morgan fingerprint density at radius 2 is 1.91 bits per heavy atom. The van der Waals surface area contributed by atoms with Gasteiger partial charge in [0.05, 0.1) is 23.3 Å². The van der Waals surface area contributed by atoms with E-state index in [0.717, 1.165) is 22.6 Å². The van der Waals surface area contributed by atoms with Gasteiger partial charge in [0.1, 0.15) is 6.07 Å². The van der Waals surface area contributed by atoms with Crippen LogP contribution >= 0.6 is 0 Å². The van der Waals surface area contributed by atoms with E-state index in [1.807, 2.05) is 17.7 Å². The summed E-state index contributed by atoms with van der Waals surface area (Å²) in [6.07, 6.45) is 1.76. The molecule has 0 amide bonds. The molecular weight excluding hydrogens is 288 g/mol. The Bertz CT molecular complexity index is 886. The molecular formula is C17H16N6. The predicted molar refractivity (Wildman–Crippen MR) is 87.8 cm³/mol. The summed E-state index contributed by atoms with van der Waals surface area (Å²) in [5.74, 6) is 0.576. The van der Waals surface area contributed by atoms with Gasteiger partial charge in [-0.3, -0.25) is 0 Å². The van der Waals surface area contributed by atoms with Gasteiger partial charge in [-0.25, -0.2) is 4.68 Å². The zero-order valence-corrected chi connectivity index (χ0v) is 13.2. The highest BCUT2D eigenvalue weighted by Crippen LogP contribution is 2.23. The minimum atomic E-state index is 0.290. The van der Waals surface area contributed by atoms with Gasteiger partial charge >= 0.3 is 0 Å². The SMILES string of the molecule is Cc1ccc(C)c(-n2ncc(Nc3ccc(C#N)nn3)c2C)c1. The van der Waals surface area contributed by atoms with Crippen LogP contribution < -0.4 is 5.32 Å². The van der Waals surface area contributed by atoms with E-state index >= 15 is 0 Å². The van der Waals surface area contributed by atoms with Gasteiger partial charge in [0.2, 0.25) is 0 Å². The minimum absolute atomic E-state index is 0.290.